The van der Waals surface area contributed by atoms with Crippen molar-refractivity contribution < 1.29 is 24.1 Å². The number of ether oxygens (including phenoxy) is 1. The molecule has 0 radical (unpaired) electrons. The van der Waals surface area contributed by atoms with Crippen LogP contribution in [0, 0.1) is 11.7 Å². The molecule has 4 aromatic rings. The van der Waals surface area contributed by atoms with Gasteiger partial charge in [-0.2, -0.15) is 5.10 Å². The molecule has 2 aromatic carbocycles. The second-order valence-electron chi connectivity index (χ2n) is 11.8. The molecule has 6 rings (SSSR count). The number of hydrogen-bond donors (Lipinski definition) is 3. The first-order valence-electron chi connectivity index (χ1n) is 14.0. The van der Waals surface area contributed by atoms with Crippen molar-refractivity contribution in [3.8, 4) is 17.0 Å². The van der Waals surface area contributed by atoms with Crippen LogP contribution in [0.2, 0.25) is 5.02 Å². The number of methoxy groups -OCH3 is 1. The fourth-order valence-electron chi connectivity index (χ4n) is 5.33. The fraction of sp³-hybridized carbons (Fsp3) is 0.375. The summed E-state index contributed by atoms with van der Waals surface area (Å²) in [5, 5.41) is 35.6. The number of halogens is 2. The Morgan fingerprint density at radius 3 is 2.40 bits per heavy atom. The van der Waals surface area contributed by atoms with E-state index < -0.39 is 22.9 Å². The summed E-state index contributed by atoms with van der Waals surface area (Å²) in [6, 6.07) is 12.6. The smallest absolute Gasteiger partial charge is 0.251 e. The molecule has 1 amide bonds. The van der Waals surface area contributed by atoms with E-state index in [1.165, 1.54) is 19.2 Å². The van der Waals surface area contributed by atoms with E-state index in [1.54, 1.807) is 44.2 Å². The number of aromatic nitrogens is 3. The Bertz CT molecular complexity index is 1680. The lowest BCUT2D eigenvalue weighted by Crippen LogP contribution is -2.43. The molecule has 2 aliphatic carbocycles. The zero-order valence-corrected chi connectivity index (χ0v) is 24.4. The highest BCUT2D eigenvalue weighted by molar-refractivity contribution is 6.34. The van der Waals surface area contributed by atoms with Crippen LogP contribution in [0.25, 0.3) is 22.2 Å². The first-order chi connectivity index (χ1) is 20.0. The summed E-state index contributed by atoms with van der Waals surface area (Å²) >= 11 is 6.71. The van der Waals surface area contributed by atoms with E-state index in [9.17, 15) is 19.4 Å². The van der Waals surface area contributed by atoms with Crippen molar-refractivity contribution >= 4 is 28.4 Å². The van der Waals surface area contributed by atoms with Crippen molar-refractivity contribution in [1.29, 1.82) is 0 Å². The van der Waals surface area contributed by atoms with E-state index in [2.05, 4.69) is 15.5 Å². The molecule has 3 N–H and O–H groups in total. The fourth-order valence-corrected chi connectivity index (χ4v) is 5.76. The minimum absolute atomic E-state index is 0.123. The van der Waals surface area contributed by atoms with E-state index in [0.29, 0.717) is 39.6 Å². The quantitative estimate of drug-likeness (QED) is 0.231. The first-order valence-corrected chi connectivity index (χ1v) is 14.4. The number of aliphatic hydroxyl groups is 2. The van der Waals surface area contributed by atoms with Gasteiger partial charge in [0, 0.05) is 28.0 Å². The van der Waals surface area contributed by atoms with Gasteiger partial charge in [0.15, 0.2) is 0 Å². The van der Waals surface area contributed by atoms with Gasteiger partial charge in [0.25, 0.3) is 5.91 Å². The number of amides is 1. The summed E-state index contributed by atoms with van der Waals surface area (Å²) in [7, 11) is 1.52. The average molecular weight is 591 g/mol. The summed E-state index contributed by atoms with van der Waals surface area (Å²) in [6.45, 7) is 3.06. The van der Waals surface area contributed by atoms with Crippen molar-refractivity contribution in [3.05, 3.63) is 81.9 Å². The van der Waals surface area contributed by atoms with Crippen LogP contribution in [0.3, 0.4) is 0 Å². The van der Waals surface area contributed by atoms with Gasteiger partial charge in [-0.1, -0.05) is 11.6 Å². The van der Waals surface area contributed by atoms with Gasteiger partial charge in [0.05, 0.1) is 41.4 Å². The summed E-state index contributed by atoms with van der Waals surface area (Å²) in [5.41, 5.74) is 0.417. The summed E-state index contributed by atoms with van der Waals surface area (Å²) < 4.78 is 19.2. The molecule has 0 aliphatic heterocycles. The number of rotatable bonds is 9. The van der Waals surface area contributed by atoms with Gasteiger partial charge >= 0.3 is 0 Å². The summed E-state index contributed by atoms with van der Waals surface area (Å²) in [5.74, 6) is -0.131. The van der Waals surface area contributed by atoms with Gasteiger partial charge in [-0.3, -0.25) is 4.79 Å². The molecule has 10 heteroatoms. The summed E-state index contributed by atoms with van der Waals surface area (Å²) in [4.78, 5) is 18.2. The maximum atomic E-state index is 13.7. The van der Waals surface area contributed by atoms with Crippen LogP contribution in [0.5, 0.6) is 5.75 Å². The topological polar surface area (TPSA) is 117 Å². The molecule has 2 aliphatic rings. The van der Waals surface area contributed by atoms with Crippen LogP contribution in [0.4, 0.5) is 4.39 Å². The highest BCUT2D eigenvalue weighted by atomic mass is 35.5. The number of carbonyl (C=O) groups is 1. The molecule has 1 atom stereocenters. The van der Waals surface area contributed by atoms with Crippen LogP contribution < -0.4 is 10.1 Å². The molecule has 2 heterocycles. The van der Waals surface area contributed by atoms with E-state index >= 15 is 0 Å². The number of benzene rings is 2. The Labute approximate surface area is 247 Å². The monoisotopic (exact) mass is 590 g/mol. The Hall–Kier alpha value is -3.66. The number of fused-ring (bicyclic) bond motifs is 1. The van der Waals surface area contributed by atoms with Crippen LogP contribution >= 0.6 is 11.6 Å². The van der Waals surface area contributed by atoms with Crippen molar-refractivity contribution in [1.82, 2.24) is 20.5 Å². The highest BCUT2D eigenvalue weighted by Gasteiger charge is 2.47. The molecule has 218 valence electrons. The van der Waals surface area contributed by atoms with Crippen LogP contribution in [-0.2, 0) is 11.2 Å². The van der Waals surface area contributed by atoms with Gasteiger partial charge in [0.1, 0.15) is 22.7 Å². The van der Waals surface area contributed by atoms with Crippen LogP contribution in [-0.4, -0.2) is 45.0 Å². The maximum absolute atomic E-state index is 13.7. The number of nitrogens with zero attached hydrogens (tertiary/aromatic N) is 3. The van der Waals surface area contributed by atoms with E-state index in [0.717, 1.165) is 36.8 Å². The third kappa shape index (κ3) is 5.44. The maximum Gasteiger partial charge on any atom is 0.251 e. The Balaban J connectivity index is 1.35. The van der Waals surface area contributed by atoms with Gasteiger partial charge in [-0.15, -0.1) is 5.10 Å². The van der Waals surface area contributed by atoms with Crippen LogP contribution in [0.1, 0.15) is 72.8 Å². The molecule has 0 unspecified atom stereocenters. The Morgan fingerprint density at radius 2 is 1.79 bits per heavy atom. The van der Waals surface area contributed by atoms with Crippen molar-refractivity contribution in [2.45, 2.75) is 56.7 Å². The molecule has 0 saturated heterocycles. The third-order valence-electron chi connectivity index (χ3n) is 8.10. The predicted octanol–water partition coefficient (Wildman–Crippen LogP) is 5.63. The molecule has 2 aromatic heterocycles. The largest absolute Gasteiger partial charge is 0.494 e. The Kier molecular flexibility index (Phi) is 7.15. The number of hydrogen-bond acceptors (Lipinski definition) is 7. The summed E-state index contributed by atoms with van der Waals surface area (Å²) in [6.07, 6.45) is 3.64. The zero-order chi connectivity index (χ0) is 29.8. The first kappa shape index (κ1) is 28.5. The molecule has 8 nitrogen and oxygen atoms in total. The van der Waals surface area contributed by atoms with Gasteiger partial charge in [-0.05, 0) is 94.0 Å². The molecule has 0 spiro atoms. The number of nitrogens with one attached hydrogen (secondary N) is 1. The minimum Gasteiger partial charge on any atom is -0.494 e. The van der Waals surface area contributed by atoms with Crippen LogP contribution in [0.15, 0.2) is 48.5 Å². The standard InChI is InChI=1S/C32H32ClFN4O4/c1-31(2,40)23-15-26(36-29(27(23)33)18-6-10-22(34)11-7-18)32(41,21-8-9-21)16-35-30(39)20-12-19-13-24(17-4-5-17)37-38-28(19)25(14-20)42-3/h6-7,10-15,17,21,40-41H,4-5,8-9,16H2,1-3H3,(H,35,39)/t32-/m1/s1. The predicted molar refractivity (Wildman–Crippen MR) is 157 cm³/mol. The molecule has 2 saturated carbocycles. The number of pyridine rings is 1. The second kappa shape index (κ2) is 10.6. The SMILES string of the molecule is COc1cc(C(=O)NC[C@](O)(c2cc(C(C)(C)O)c(Cl)c(-c3ccc(F)cc3)n2)C2CC2)cc2cc(C3CC3)nnc12. The highest BCUT2D eigenvalue weighted by Crippen LogP contribution is 2.47. The van der Waals surface area contributed by atoms with Gasteiger partial charge < -0.3 is 20.3 Å². The molecule has 2 fully saturated rings. The lowest BCUT2D eigenvalue weighted by Gasteiger charge is -2.31. The lowest BCUT2D eigenvalue weighted by molar-refractivity contribution is 0.00889. The molecular weight excluding hydrogens is 559 g/mol. The minimum atomic E-state index is -1.54. The van der Waals surface area contributed by atoms with E-state index in [4.69, 9.17) is 21.3 Å². The Morgan fingerprint density at radius 1 is 1.07 bits per heavy atom. The number of carbonyl (C=O) groups excluding carboxylic acids is 1. The van der Waals surface area contributed by atoms with Gasteiger partial charge in [0.2, 0.25) is 0 Å². The van der Waals surface area contributed by atoms with E-state index in [1.807, 2.05) is 6.07 Å². The third-order valence-corrected chi connectivity index (χ3v) is 8.48. The van der Waals surface area contributed by atoms with Crippen molar-refractivity contribution in [2.75, 3.05) is 13.7 Å². The van der Waals surface area contributed by atoms with E-state index in [-0.39, 0.29) is 23.2 Å². The second-order valence-corrected chi connectivity index (χ2v) is 12.2. The van der Waals surface area contributed by atoms with Crippen molar-refractivity contribution in [3.63, 3.8) is 0 Å². The molecular formula is C32H32ClFN4O4. The average Bonchev–Trinajstić information content (AvgIpc) is 3.88. The van der Waals surface area contributed by atoms with Gasteiger partial charge in [-0.25, -0.2) is 9.37 Å². The molecule has 0 bridgehead atoms. The molecule has 42 heavy (non-hydrogen) atoms. The zero-order valence-electron chi connectivity index (χ0n) is 23.6. The normalized spacial score (nSPS) is 16.7. The van der Waals surface area contributed by atoms with Crippen molar-refractivity contribution in [2.24, 2.45) is 5.92 Å². The lowest BCUT2D eigenvalue weighted by atomic mass is 9.88.